The number of allylic oxidation sites excluding steroid dienone is 2. The topological polar surface area (TPSA) is 79.1 Å². The van der Waals surface area contributed by atoms with Gasteiger partial charge < -0.3 is 14.2 Å². The van der Waals surface area contributed by atoms with Crippen LogP contribution in [0.5, 0.6) is 17.2 Å². The first-order valence-corrected chi connectivity index (χ1v) is 15.3. The lowest BCUT2D eigenvalue weighted by Crippen LogP contribution is -2.39. The van der Waals surface area contributed by atoms with E-state index in [4.69, 9.17) is 19.2 Å². The molecule has 9 heteroatoms. The van der Waals surface area contributed by atoms with Crippen molar-refractivity contribution in [1.29, 1.82) is 0 Å². The molecule has 0 amide bonds. The molecule has 45 heavy (non-hydrogen) atoms. The van der Waals surface area contributed by atoms with Gasteiger partial charge in [0.15, 0.2) is 22.1 Å². The van der Waals surface area contributed by atoms with Crippen LogP contribution in [0.25, 0.3) is 16.8 Å². The predicted molar refractivity (Wildman–Crippen MR) is 173 cm³/mol. The second-order valence-electron chi connectivity index (χ2n) is 10.6. The van der Waals surface area contributed by atoms with Gasteiger partial charge in [0.05, 0.1) is 24.3 Å². The van der Waals surface area contributed by atoms with E-state index in [0.717, 1.165) is 27.5 Å². The molecule has 1 aromatic heterocycles. The van der Waals surface area contributed by atoms with Crippen LogP contribution in [0.2, 0.25) is 0 Å². The molecule has 0 spiro atoms. The highest BCUT2D eigenvalue weighted by molar-refractivity contribution is 7.07. The molecule has 0 saturated heterocycles. The Morgan fingerprint density at radius 2 is 1.76 bits per heavy atom. The van der Waals surface area contributed by atoms with Gasteiger partial charge in [-0.1, -0.05) is 59.9 Å². The number of carbonyl (C=O) groups excluding carboxylic acids is 1. The first-order chi connectivity index (χ1) is 21.8. The van der Waals surface area contributed by atoms with E-state index in [9.17, 15) is 14.0 Å². The normalized spacial score (nSPS) is 14.7. The van der Waals surface area contributed by atoms with Crippen molar-refractivity contribution in [3.05, 3.63) is 132 Å². The summed E-state index contributed by atoms with van der Waals surface area (Å²) in [6, 6.07) is 22.6. The maximum absolute atomic E-state index is 14.2. The lowest BCUT2D eigenvalue weighted by Gasteiger charge is -2.27. The van der Waals surface area contributed by atoms with Crippen LogP contribution in [0.1, 0.15) is 43.5 Å². The molecule has 4 aromatic carbocycles. The third kappa shape index (κ3) is 5.79. The number of fused-ring (bicyclic) bond motifs is 2. The molecule has 1 aliphatic heterocycles. The maximum atomic E-state index is 14.2. The second kappa shape index (κ2) is 12.5. The third-order valence-electron chi connectivity index (χ3n) is 7.70. The molecule has 1 aliphatic rings. The molecule has 0 unspecified atom stereocenters. The number of ketones is 1. The van der Waals surface area contributed by atoms with E-state index < -0.39 is 6.04 Å². The van der Waals surface area contributed by atoms with Crippen molar-refractivity contribution >= 4 is 34.0 Å². The predicted octanol–water partition coefficient (Wildman–Crippen LogP) is 6.10. The van der Waals surface area contributed by atoms with Gasteiger partial charge in [-0.3, -0.25) is 14.2 Å². The molecule has 0 aliphatic carbocycles. The fraction of sp³-hybridized carbons (Fsp3) is 0.194. The van der Waals surface area contributed by atoms with Crippen LogP contribution >= 0.6 is 11.3 Å². The number of halogens is 1. The van der Waals surface area contributed by atoms with Gasteiger partial charge in [-0.25, -0.2) is 9.38 Å². The Balaban J connectivity index is 1.46. The van der Waals surface area contributed by atoms with Gasteiger partial charge in [0.25, 0.3) is 5.56 Å². The molecule has 7 nitrogen and oxygen atoms in total. The molecule has 0 bridgehead atoms. The minimum atomic E-state index is -0.719. The molecule has 1 atom stereocenters. The van der Waals surface area contributed by atoms with Crippen LogP contribution in [0.3, 0.4) is 0 Å². The Bertz CT molecular complexity index is 2150. The lowest BCUT2D eigenvalue weighted by atomic mass is 9.89. The summed E-state index contributed by atoms with van der Waals surface area (Å²) in [7, 11) is 1.59. The van der Waals surface area contributed by atoms with Crippen LogP contribution in [0.4, 0.5) is 4.39 Å². The maximum Gasteiger partial charge on any atom is 0.271 e. The van der Waals surface area contributed by atoms with Gasteiger partial charge >= 0.3 is 0 Å². The summed E-state index contributed by atoms with van der Waals surface area (Å²) in [6.07, 6.45) is 1.79. The molecular formula is C36H31FN2O5S. The number of methoxy groups -OCH3 is 1. The fourth-order valence-electron chi connectivity index (χ4n) is 5.67. The number of rotatable bonds is 9. The molecular weight excluding hydrogens is 591 g/mol. The molecule has 0 saturated carbocycles. The van der Waals surface area contributed by atoms with E-state index in [-0.39, 0.29) is 23.8 Å². The van der Waals surface area contributed by atoms with Crippen molar-refractivity contribution in [2.24, 2.45) is 4.99 Å². The molecule has 0 N–H and O–H groups in total. The van der Waals surface area contributed by atoms with Crippen LogP contribution in [0, 0.1) is 5.82 Å². The monoisotopic (exact) mass is 622 g/mol. The molecule has 0 fully saturated rings. The van der Waals surface area contributed by atoms with Crippen molar-refractivity contribution in [2.45, 2.75) is 33.4 Å². The summed E-state index contributed by atoms with van der Waals surface area (Å²) in [6.45, 7) is 5.85. The summed E-state index contributed by atoms with van der Waals surface area (Å²) in [5, 5.41) is 1.86. The van der Waals surface area contributed by atoms with E-state index in [1.54, 1.807) is 42.9 Å². The largest absolute Gasteiger partial charge is 0.496 e. The van der Waals surface area contributed by atoms with Crippen molar-refractivity contribution in [1.82, 2.24) is 4.57 Å². The summed E-state index contributed by atoms with van der Waals surface area (Å²) < 4.78 is 33.0. The third-order valence-corrected chi connectivity index (χ3v) is 8.68. The Labute approximate surface area is 263 Å². The van der Waals surface area contributed by atoms with Gasteiger partial charge in [0.2, 0.25) is 0 Å². The number of aromatic nitrogens is 1. The Morgan fingerprint density at radius 1 is 1.00 bits per heavy atom. The lowest BCUT2D eigenvalue weighted by molar-refractivity contribution is -0.114. The minimum Gasteiger partial charge on any atom is -0.496 e. The Morgan fingerprint density at radius 3 is 2.49 bits per heavy atom. The Hall–Kier alpha value is -5.02. The zero-order valence-corrected chi connectivity index (χ0v) is 26.1. The van der Waals surface area contributed by atoms with Crippen molar-refractivity contribution in [2.75, 3.05) is 13.7 Å². The van der Waals surface area contributed by atoms with Crippen LogP contribution < -0.4 is 29.1 Å². The number of benzene rings is 4. The summed E-state index contributed by atoms with van der Waals surface area (Å²) in [5.74, 6) is 1.17. The van der Waals surface area contributed by atoms with Crippen molar-refractivity contribution < 1.29 is 23.4 Å². The van der Waals surface area contributed by atoms with Crippen LogP contribution in [-0.4, -0.2) is 24.1 Å². The highest BCUT2D eigenvalue weighted by atomic mass is 32.1. The number of ether oxygens (including phenoxy) is 3. The summed E-state index contributed by atoms with van der Waals surface area (Å²) in [4.78, 5) is 32.5. The van der Waals surface area contributed by atoms with Crippen molar-refractivity contribution in [3.8, 4) is 17.2 Å². The highest BCUT2D eigenvalue weighted by Crippen LogP contribution is 2.40. The quantitative estimate of drug-likeness (QED) is 0.199. The number of hydrogen-bond acceptors (Lipinski definition) is 7. The zero-order chi connectivity index (χ0) is 31.7. The first kappa shape index (κ1) is 30.0. The highest BCUT2D eigenvalue weighted by Gasteiger charge is 2.33. The minimum absolute atomic E-state index is 0.164. The van der Waals surface area contributed by atoms with E-state index in [1.165, 1.54) is 30.4 Å². The van der Waals surface area contributed by atoms with Gasteiger partial charge in [0.1, 0.15) is 18.2 Å². The average Bonchev–Trinajstić information content (AvgIpc) is 3.34. The van der Waals surface area contributed by atoms with E-state index >= 15 is 0 Å². The summed E-state index contributed by atoms with van der Waals surface area (Å²) >= 11 is 1.26. The Kier molecular flexibility index (Phi) is 8.36. The fourth-order valence-corrected chi connectivity index (χ4v) is 6.72. The molecule has 6 rings (SSSR count). The number of carbonyl (C=O) groups is 1. The molecule has 0 radical (unpaired) electrons. The SMILES string of the molecule is CCOc1cc(C=c2sc3n(c2=O)[C@@H](c2c(OC)ccc4ccccc24)C(C(C)=O)=C(C)N=3)ccc1OCc1ccc(F)cc1. The van der Waals surface area contributed by atoms with Crippen LogP contribution in [0.15, 0.2) is 99.9 Å². The molecule has 228 valence electrons. The first-order valence-electron chi connectivity index (χ1n) is 14.5. The smallest absolute Gasteiger partial charge is 0.271 e. The number of hydrogen-bond donors (Lipinski definition) is 0. The van der Waals surface area contributed by atoms with E-state index in [2.05, 4.69) is 0 Å². The van der Waals surface area contributed by atoms with Gasteiger partial charge in [-0.05, 0) is 79.1 Å². The van der Waals surface area contributed by atoms with E-state index in [1.807, 2.05) is 55.5 Å². The van der Waals surface area contributed by atoms with Gasteiger partial charge in [0, 0.05) is 16.8 Å². The van der Waals surface area contributed by atoms with Crippen LogP contribution in [-0.2, 0) is 11.4 Å². The zero-order valence-electron chi connectivity index (χ0n) is 25.3. The van der Waals surface area contributed by atoms with Crippen molar-refractivity contribution in [3.63, 3.8) is 0 Å². The average molecular weight is 623 g/mol. The molecule has 2 heterocycles. The van der Waals surface area contributed by atoms with Gasteiger partial charge in [-0.15, -0.1) is 0 Å². The summed E-state index contributed by atoms with van der Waals surface area (Å²) in [5.41, 5.74) is 3.05. The number of nitrogens with zero attached hydrogens (tertiary/aromatic N) is 2. The molecule has 5 aromatic rings. The van der Waals surface area contributed by atoms with Gasteiger partial charge in [-0.2, -0.15) is 0 Å². The second-order valence-corrected chi connectivity index (χ2v) is 11.6. The standard InChI is InChI=1S/C36H31FN2O5S/c1-5-43-30-18-24(12-16-28(30)44-20-23-10-14-26(37)15-11-23)19-31-35(41)39-34(32(22(3)40)21(2)38-36(39)45-31)33-27-9-7-6-8-25(27)13-17-29(33)42-4/h6-19,34H,5,20H2,1-4H3/t34-/m1/s1. The number of thiazole rings is 1. The number of Topliss-reactive ketones (excluding diaryl/α,β-unsaturated/α-hetero) is 1. The van der Waals surface area contributed by atoms with E-state index in [0.29, 0.717) is 44.5 Å².